The first-order valence-corrected chi connectivity index (χ1v) is 7.87. The first kappa shape index (κ1) is 18.8. The van der Waals surface area contributed by atoms with Crippen LogP contribution in [0.1, 0.15) is 34.1 Å². The lowest BCUT2D eigenvalue weighted by atomic mass is 10.1. The Labute approximate surface area is 143 Å². The monoisotopic (exact) mass is 356 g/mol. The number of carbonyl (C=O) groups is 2. The summed E-state index contributed by atoms with van der Waals surface area (Å²) < 4.78 is 36.5. The van der Waals surface area contributed by atoms with Crippen LogP contribution in [-0.2, 0) is 0 Å². The lowest BCUT2D eigenvalue weighted by Crippen LogP contribution is -2.43. The molecule has 0 bridgehead atoms. The van der Waals surface area contributed by atoms with Gasteiger partial charge in [-0.25, -0.2) is 0 Å². The van der Waals surface area contributed by atoms with Crippen LogP contribution in [-0.4, -0.2) is 55.0 Å². The van der Waals surface area contributed by atoms with Crippen molar-refractivity contribution in [2.24, 2.45) is 4.99 Å². The zero-order valence-electron chi connectivity index (χ0n) is 13.7. The molecule has 1 aliphatic rings. The Balaban J connectivity index is 1.89. The van der Waals surface area contributed by atoms with Gasteiger partial charge in [0.2, 0.25) is 0 Å². The van der Waals surface area contributed by atoms with E-state index < -0.39 is 19.1 Å². The molecule has 1 heterocycles. The molecule has 0 saturated carbocycles. The highest BCUT2D eigenvalue weighted by Crippen LogP contribution is 2.21. The van der Waals surface area contributed by atoms with E-state index in [4.69, 9.17) is 0 Å². The number of hydrogen-bond acceptors (Lipinski definition) is 3. The summed E-state index contributed by atoms with van der Waals surface area (Å²) in [5.41, 5.74) is 0.719. The van der Waals surface area contributed by atoms with Crippen LogP contribution in [0.2, 0.25) is 0 Å². The molecule has 2 N–H and O–H groups in total. The minimum atomic E-state index is -4.26. The van der Waals surface area contributed by atoms with Crippen molar-refractivity contribution in [1.29, 1.82) is 0 Å². The number of aliphatic imine (C=N–C) groups is 1. The molecule has 2 amide bonds. The first-order valence-electron chi connectivity index (χ1n) is 7.87. The highest BCUT2D eigenvalue weighted by Gasteiger charge is 2.34. The zero-order valence-corrected chi connectivity index (χ0v) is 13.7. The summed E-state index contributed by atoms with van der Waals surface area (Å²) in [6.45, 7) is 2.14. The van der Waals surface area contributed by atoms with Crippen molar-refractivity contribution in [3.8, 4) is 0 Å². The molecule has 0 spiro atoms. The summed E-state index contributed by atoms with van der Waals surface area (Å²) in [5, 5.41) is 5.64. The van der Waals surface area contributed by atoms with Crippen molar-refractivity contribution in [3.05, 3.63) is 35.4 Å². The van der Waals surface area contributed by atoms with Gasteiger partial charge in [0.05, 0.1) is 24.1 Å². The molecular weight excluding hydrogens is 337 g/mol. The van der Waals surface area contributed by atoms with Gasteiger partial charge in [-0.1, -0.05) is 12.1 Å². The number of carbonyl (C=O) groups excluding carboxylic acids is 2. The largest absolute Gasteiger partial charge is 0.390 e. The smallest absolute Gasteiger partial charge is 0.357 e. The number of imide groups is 1. The van der Waals surface area contributed by atoms with E-state index in [1.54, 1.807) is 31.2 Å². The fourth-order valence-corrected chi connectivity index (χ4v) is 2.36. The van der Waals surface area contributed by atoms with Crippen LogP contribution >= 0.6 is 0 Å². The number of halogens is 3. The molecule has 2 rings (SSSR count). The normalized spacial score (nSPS) is 14.7. The third kappa shape index (κ3) is 4.94. The van der Waals surface area contributed by atoms with Crippen LogP contribution < -0.4 is 10.6 Å². The summed E-state index contributed by atoms with van der Waals surface area (Å²) >= 11 is 0. The van der Waals surface area contributed by atoms with E-state index in [2.05, 4.69) is 15.6 Å². The summed E-state index contributed by atoms with van der Waals surface area (Å²) in [5.74, 6) is -0.536. The summed E-state index contributed by atoms with van der Waals surface area (Å²) in [7, 11) is 0. The predicted octanol–water partition coefficient (Wildman–Crippen LogP) is 1.79. The molecule has 0 unspecified atom stereocenters. The van der Waals surface area contributed by atoms with Gasteiger partial charge in [0.1, 0.15) is 0 Å². The number of benzene rings is 1. The number of rotatable bonds is 6. The van der Waals surface area contributed by atoms with Gasteiger partial charge in [-0.3, -0.25) is 19.5 Å². The SMILES string of the molecule is CCNC(=NCCC(F)(F)F)NCCN1C(=O)c2ccccc2C1=O. The standard InChI is InChI=1S/C16H19F3N4O2/c1-2-20-15(21-8-7-16(17,18)19)22-9-10-23-13(24)11-5-3-4-6-12(11)14(23)25/h3-6H,2,7-10H2,1H3,(H2,20,21,22). The highest BCUT2D eigenvalue weighted by molar-refractivity contribution is 6.21. The van der Waals surface area contributed by atoms with Gasteiger partial charge in [0.15, 0.2) is 5.96 Å². The number of nitrogens with one attached hydrogen (secondary N) is 2. The summed E-state index contributed by atoms with van der Waals surface area (Å²) in [6, 6.07) is 6.54. The number of amides is 2. The molecule has 1 aromatic carbocycles. The Kier molecular flexibility index (Phi) is 6.00. The fourth-order valence-electron chi connectivity index (χ4n) is 2.36. The van der Waals surface area contributed by atoms with Crippen LogP contribution in [0.4, 0.5) is 13.2 Å². The quantitative estimate of drug-likeness (QED) is 0.463. The molecule has 0 aliphatic carbocycles. The Morgan fingerprint density at radius 3 is 2.24 bits per heavy atom. The zero-order chi connectivity index (χ0) is 18.4. The predicted molar refractivity (Wildman–Crippen MR) is 86.5 cm³/mol. The molecule has 25 heavy (non-hydrogen) atoms. The number of guanidine groups is 1. The molecule has 1 aliphatic heterocycles. The van der Waals surface area contributed by atoms with Crippen molar-refractivity contribution in [2.75, 3.05) is 26.2 Å². The maximum atomic E-state index is 12.2. The number of fused-ring (bicyclic) bond motifs is 1. The van der Waals surface area contributed by atoms with Crippen molar-refractivity contribution < 1.29 is 22.8 Å². The molecule has 0 radical (unpaired) electrons. The van der Waals surface area contributed by atoms with E-state index in [0.717, 1.165) is 4.90 Å². The lowest BCUT2D eigenvalue weighted by Gasteiger charge is -2.16. The Morgan fingerprint density at radius 2 is 1.72 bits per heavy atom. The lowest BCUT2D eigenvalue weighted by molar-refractivity contribution is -0.132. The second-order valence-electron chi connectivity index (χ2n) is 5.36. The number of alkyl halides is 3. The molecule has 0 atom stereocenters. The van der Waals surface area contributed by atoms with Crippen molar-refractivity contribution in [2.45, 2.75) is 19.5 Å². The summed E-state index contributed by atoms with van der Waals surface area (Å²) in [4.78, 5) is 29.3. The van der Waals surface area contributed by atoms with Crippen LogP contribution in [0.15, 0.2) is 29.3 Å². The van der Waals surface area contributed by atoms with E-state index in [1.165, 1.54) is 0 Å². The van der Waals surface area contributed by atoms with Crippen LogP contribution in [0.25, 0.3) is 0 Å². The first-order chi connectivity index (χ1) is 11.8. The van der Waals surface area contributed by atoms with Gasteiger partial charge in [-0.2, -0.15) is 13.2 Å². The molecule has 0 fully saturated rings. The second kappa shape index (κ2) is 8.00. The molecular formula is C16H19F3N4O2. The van der Waals surface area contributed by atoms with Crippen LogP contribution in [0, 0.1) is 0 Å². The molecule has 6 nitrogen and oxygen atoms in total. The van der Waals surface area contributed by atoms with Crippen LogP contribution in [0.5, 0.6) is 0 Å². The van der Waals surface area contributed by atoms with E-state index >= 15 is 0 Å². The maximum Gasteiger partial charge on any atom is 0.390 e. The maximum absolute atomic E-state index is 12.2. The third-order valence-corrected chi connectivity index (χ3v) is 3.52. The van der Waals surface area contributed by atoms with Crippen molar-refractivity contribution in [1.82, 2.24) is 15.5 Å². The fraction of sp³-hybridized carbons (Fsp3) is 0.438. The van der Waals surface area contributed by atoms with E-state index in [0.29, 0.717) is 17.7 Å². The average Bonchev–Trinajstić information content (AvgIpc) is 2.79. The van der Waals surface area contributed by atoms with Gasteiger partial charge < -0.3 is 10.6 Å². The molecule has 1 aromatic rings. The molecule has 9 heteroatoms. The number of hydrogen-bond donors (Lipinski definition) is 2. The van der Waals surface area contributed by atoms with Gasteiger partial charge in [-0.15, -0.1) is 0 Å². The minimum Gasteiger partial charge on any atom is -0.357 e. The van der Waals surface area contributed by atoms with Gasteiger partial charge in [0.25, 0.3) is 11.8 Å². The topological polar surface area (TPSA) is 73.8 Å². The minimum absolute atomic E-state index is 0.0933. The van der Waals surface area contributed by atoms with Crippen molar-refractivity contribution in [3.63, 3.8) is 0 Å². The third-order valence-electron chi connectivity index (χ3n) is 3.52. The van der Waals surface area contributed by atoms with E-state index in [9.17, 15) is 22.8 Å². The van der Waals surface area contributed by atoms with Crippen LogP contribution in [0.3, 0.4) is 0 Å². The molecule has 0 aromatic heterocycles. The Bertz CT molecular complexity index is 639. The highest BCUT2D eigenvalue weighted by atomic mass is 19.4. The Hall–Kier alpha value is -2.58. The number of nitrogens with zero attached hydrogens (tertiary/aromatic N) is 2. The van der Waals surface area contributed by atoms with Gasteiger partial charge in [0, 0.05) is 19.6 Å². The van der Waals surface area contributed by atoms with E-state index in [1.807, 2.05) is 0 Å². The Morgan fingerprint density at radius 1 is 1.12 bits per heavy atom. The van der Waals surface area contributed by atoms with Crippen molar-refractivity contribution >= 4 is 17.8 Å². The van der Waals surface area contributed by atoms with Gasteiger partial charge >= 0.3 is 6.18 Å². The van der Waals surface area contributed by atoms with Gasteiger partial charge in [-0.05, 0) is 19.1 Å². The molecule has 0 saturated heterocycles. The second-order valence-corrected chi connectivity index (χ2v) is 5.36. The summed E-state index contributed by atoms with van der Waals surface area (Å²) in [6.07, 6.45) is -5.27. The average molecular weight is 356 g/mol. The van der Waals surface area contributed by atoms with E-state index in [-0.39, 0.29) is 30.9 Å². The molecule has 136 valence electrons.